The minimum Gasteiger partial charge on any atom is -0.467 e. The molecule has 5 nitrogen and oxygen atoms in total. The molecule has 1 aliphatic rings. The number of nitrogens with zero attached hydrogens (tertiary/aromatic N) is 1. The number of carbonyl (C=O) groups excluding carboxylic acids is 2. The highest BCUT2D eigenvalue weighted by Gasteiger charge is 2.27. The molecule has 1 N–H and O–H groups in total. The van der Waals surface area contributed by atoms with Gasteiger partial charge in [-0.2, -0.15) is 0 Å². The molecule has 1 atom stereocenters. The van der Waals surface area contributed by atoms with E-state index in [0.29, 0.717) is 13.1 Å². The van der Waals surface area contributed by atoms with Crippen molar-refractivity contribution >= 4 is 11.9 Å². The van der Waals surface area contributed by atoms with Crippen LogP contribution in [0.1, 0.15) is 6.92 Å². The van der Waals surface area contributed by atoms with Gasteiger partial charge in [-0.05, 0) is 6.92 Å². The van der Waals surface area contributed by atoms with Gasteiger partial charge in [-0.25, -0.2) is 4.79 Å². The lowest BCUT2D eigenvalue weighted by Crippen LogP contribution is -2.54. The Morgan fingerprint density at radius 3 is 2.92 bits per heavy atom. The number of carbonyl (C=O) groups is 2. The number of amides is 1. The Bertz CT molecular complexity index is 217. The van der Waals surface area contributed by atoms with Gasteiger partial charge in [0.25, 0.3) is 0 Å². The number of nitrogens with one attached hydrogen (secondary N) is 1. The molecule has 1 saturated heterocycles. The van der Waals surface area contributed by atoms with Gasteiger partial charge < -0.3 is 15.0 Å². The molecule has 0 aromatic carbocycles. The summed E-state index contributed by atoms with van der Waals surface area (Å²) >= 11 is 0. The molecule has 0 bridgehead atoms. The summed E-state index contributed by atoms with van der Waals surface area (Å²) < 4.78 is 4.56. The van der Waals surface area contributed by atoms with E-state index in [4.69, 9.17) is 0 Å². The fourth-order valence-electron chi connectivity index (χ4n) is 1.33. The Balaban J connectivity index is 2.58. The molecule has 1 fully saturated rings. The molecule has 0 aromatic rings. The largest absolute Gasteiger partial charge is 0.467 e. The number of hydrogen-bond donors (Lipinski definition) is 1. The quantitative estimate of drug-likeness (QED) is 0.561. The second-order valence-corrected chi connectivity index (χ2v) is 2.96. The summed E-state index contributed by atoms with van der Waals surface area (Å²) in [5.74, 6) is -0.417. The third kappa shape index (κ3) is 2.18. The molecule has 1 unspecified atom stereocenters. The van der Waals surface area contributed by atoms with Gasteiger partial charge in [-0.1, -0.05) is 0 Å². The summed E-state index contributed by atoms with van der Waals surface area (Å²) in [4.78, 5) is 24.0. The van der Waals surface area contributed by atoms with E-state index >= 15 is 0 Å². The lowest BCUT2D eigenvalue weighted by molar-refractivity contribution is -0.152. The summed E-state index contributed by atoms with van der Waals surface area (Å²) in [7, 11) is 1.32. The maximum absolute atomic E-state index is 11.3. The van der Waals surface area contributed by atoms with Crippen LogP contribution in [0.15, 0.2) is 0 Å². The third-order valence-electron chi connectivity index (χ3n) is 2.14. The Hall–Kier alpha value is -1.10. The minimum atomic E-state index is -0.473. The predicted octanol–water partition coefficient (Wildman–Crippen LogP) is -1.02. The Labute approximate surface area is 77.0 Å². The predicted molar refractivity (Wildman–Crippen MR) is 46.1 cm³/mol. The van der Waals surface area contributed by atoms with Crippen molar-refractivity contribution in [1.29, 1.82) is 0 Å². The normalized spacial score (nSPS) is 19.8. The molecule has 1 aliphatic heterocycles. The zero-order chi connectivity index (χ0) is 9.84. The van der Waals surface area contributed by atoms with Gasteiger partial charge in [0.05, 0.1) is 13.7 Å². The van der Waals surface area contributed by atoms with Crippen molar-refractivity contribution < 1.29 is 14.3 Å². The average Bonchev–Trinajstić information content (AvgIpc) is 2.16. The molecule has 1 amide bonds. The van der Waals surface area contributed by atoms with E-state index < -0.39 is 6.04 Å². The first kappa shape index (κ1) is 9.98. The van der Waals surface area contributed by atoms with Crippen LogP contribution in [0.2, 0.25) is 0 Å². The van der Waals surface area contributed by atoms with E-state index in [2.05, 4.69) is 10.1 Å². The molecule has 0 spiro atoms. The second-order valence-electron chi connectivity index (χ2n) is 2.96. The van der Waals surface area contributed by atoms with Crippen molar-refractivity contribution in [3.63, 3.8) is 0 Å². The van der Waals surface area contributed by atoms with Gasteiger partial charge in [0, 0.05) is 13.1 Å². The molecular weight excluding hydrogens is 172 g/mol. The van der Waals surface area contributed by atoms with Gasteiger partial charge in [-0.3, -0.25) is 4.79 Å². The zero-order valence-corrected chi connectivity index (χ0v) is 7.87. The van der Waals surface area contributed by atoms with Crippen molar-refractivity contribution in [3.05, 3.63) is 0 Å². The molecule has 1 rings (SSSR count). The highest BCUT2D eigenvalue weighted by molar-refractivity contribution is 5.85. The van der Waals surface area contributed by atoms with Crippen molar-refractivity contribution in [2.45, 2.75) is 13.0 Å². The van der Waals surface area contributed by atoms with Crippen LogP contribution in [0.3, 0.4) is 0 Å². The summed E-state index contributed by atoms with van der Waals surface area (Å²) in [6, 6.07) is -0.473. The fraction of sp³-hybridized carbons (Fsp3) is 0.750. The highest BCUT2D eigenvalue weighted by atomic mass is 16.5. The van der Waals surface area contributed by atoms with E-state index in [9.17, 15) is 9.59 Å². The van der Waals surface area contributed by atoms with Gasteiger partial charge in [0.15, 0.2) is 0 Å². The lowest BCUT2D eigenvalue weighted by Gasteiger charge is -2.31. The first-order valence-electron chi connectivity index (χ1n) is 4.25. The van der Waals surface area contributed by atoms with Crippen LogP contribution in [0.25, 0.3) is 0 Å². The minimum absolute atomic E-state index is 0.0517. The number of esters is 1. The Morgan fingerprint density at radius 2 is 2.38 bits per heavy atom. The molecule has 0 aliphatic carbocycles. The number of methoxy groups -OCH3 is 1. The van der Waals surface area contributed by atoms with Crippen molar-refractivity contribution in [1.82, 2.24) is 10.2 Å². The topological polar surface area (TPSA) is 58.6 Å². The lowest BCUT2D eigenvalue weighted by atomic mass is 10.2. The summed E-state index contributed by atoms with van der Waals surface area (Å²) in [5, 5.41) is 2.93. The number of piperazine rings is 1. The smallest absolute Gasteiger partial charge is 0.328 e. The molecule has 0 saturated carbocycles. The van der Waals surface area contributed by atoms with Crippen LogP contribution in [-0.4, -0.2) is 49.6 Å². The van der Waals surface area contributed by atoms with Crippen molar-refractivity contribution in [3.8, 4) is 0 Å². The molecule has 0 radical (unpaired) electrons. The van der Waals surface area contributed by atoms with Crippen LogP contribution < -0.4 is 5.32 Å². The number of hydrogen-bond acceptors (Lipinski definition) is 4. The number of ether oxygens (including phenoxy) is 1. The van der Waals surface area contributed by atoms with Crippen molar-refractivity contribution in [2.75, 3.05) is 26.7 Å². The van der Waals surface area contributed by atoms with Gasteiger partial charge in [0.2, 0.25) is 5.91 Å². The standard InChI is InChI=1S/C8H14N2O3/c1-6(8(12)13-2)10-4-3-9-5-7(10)11/h6,9H,3-5H2,1-2H3. The van der Waals surface area contributed by atoms with Gasteiger partial charge in [0.1, 0.15) is 6.04 Å². The monoisotopic (exact) mass is 186 g/mol. The maximum Gasteiger partial charge on any atom is 0.328 e. The van der Waals surface area contributed by atoms with Crippen LogP contribution in [0.5, 0.6) is 0 Å². The van der Waals surface area contributed by atoms with Gasteiger partial charge in [-0.15, -0.1) is 0 Å². The molecule has 74 valence electrons. The molecule has 0 aromatic heterocycles. The van der Waals surface area contributed by atoms with Crippen LogP contribution in [0, 0.1) is 0 Å². The fourth-order valence-corrected chi connectivity index (χ4v) is 1.33. The zero-order valence-electron chi connectivity index (χ0n) is 7.87. The summed E-state index contributed by atoms with van der Waals surface area (Å²) in [5.41, 5.74) is 0. The van der Waals surface area contributed by atoms with E-state index in [1.165, 1.54) is 12.0 Å². The number of rotatable bonds is 2. The van der Waals surface area contributed by atoms with Crippen LogP contribution >= 0.6 is 0 Å². The first-order valence-corrected chi connectivity index (χ1v) is 4.25. The second kappa shape index (κ2) is 4.23. The SMILES string of the molecule is COC(=O)C(C)N1CCNCC1=O. The van der Waals surface area contributed by atoms with E-state index in [1.807, 2.05) is 0 Å². The highest BCUT2D eigenvalue weighted by Crippen LogP contribution is 2.03. The van der Waals surface area contributed by atoms with E-state index in [0.717, 1.165) is 6.54 Å². The molecule has 13 heavy (non-hydrogen) atoms. The van der Waals surface area contributed by atoms with Crippen LogP contribution in [-0.2, 0) is 14.3 Å². The van der Waals surface area contributed by atoms with Gasteiger partial charge >= 0.3 is 5.97 Å². The Kier molecular flexibility index (Phi) is 3.25. The maximum atomic E-state index is 11.3. The van der Waals surface area contributed by atoms with Crippen molar-refractivity contribution in [2.24, 2.45) is 0 Å². The average molecular weight is 186 g/mol. The molecule has 1 heterocycles. The Morgan fingerprint density at radius 1 is 1.69 bits per heavy atom. The third-order valence-corrected chi connectivity index (χ3v) is 2.14. The van der Waals surface area contributed by atoms with E-state index in [-0.39, 0.29) is 11.9 Å². The molecular formula is C8H14N2O3. The summed E-state index contributed by atoms with van der Waals surface area (Å²) in [6.07, 6.45) is 0. The van der Waals surface area contributed by atoms with E-state index in [1.54, 1.807) is 6.92 Å². The van der Waals surface area contributed by atoms with Crippen LogP contribution in [0.4, 0.5) is 0 Å². The first-order chi connectivity index (χ1) is 6.16. The molecule has 5 heteroatoms. The summed E-state index contributed by atoms with van der Waals surface area (Å²) in [6.45, 7) is 3.28.